The summed E-state index contributed by atoms with van der Waals surface area (Å²) in [6.07, 6.45) is 4.65. The summed E-state index contributed by atoms with van der Waals surface area (Å²) in [5, 5.41) is 3.33. The number of carbonyl (C=O) groups is 1. The molecule has 0 bridgehead atoms. The fraction of sp³-hybridized carbons (Fsp3) is 0.176. The fourth-order valence-electron chi connectivity index (χ4n) is 2.30. The first-order chi connectivity index (χ1) is 10.6. The number of imidazole rings is 1. The number of benzene rings is 1. The number of aryl methyl sites for hydroxylation is 1. The Hall–Kier alpha value is -2.33. The number of fused-ring (bicyclic) bond motifs is 1. The van der Waals surface area contributed by atoms with E-state index in [2.05, 4.69) is 10.3 Å². The molecule has 3 aromatic rings. The molecule has 0 spiro atoms. The van der Waals surface area contributed by atoms with Gasteiger partial charge in [-0.1, -0.05) is 23.7 Å². The van der Waals surface area contributed by atoms with E-state index in [4.69, 9.17) is 11.6 Å². The van der Waals surface area contributed by atoms with Crippen molar-refractivity contribution in [2.75, 3.05) is 6.54 Å². The zero-order valence-corrected chi connectivity index (χ0v) is 13.0. The SMILES string of the molecule is Cc1ccn2cc(CCNC(=O)c3ccccc3Cl)nc2c1. The van der Waals surface area contributed by atoms with Gasteiger partial charge in [-0.15, -0.1) is 0 Å². The third-order valence-corrected chi connectivity index (χ3v) is 3.78. The van der Waals surface area contributed by atoms with Gasteiger partial charge in [-0.05, 0) is 36.8 Å². The van der Waals surface area contributed by atoms with Crippen molar-refractivity contribution in [1.82, 2.24) is 14.7 Å². The molecule has 112 valence electrons. The molecule has 0 fully saturated rings. The molecular formula is C17H16ClN3O. The molecule has 2 heterocycles. The first kappa shape index (κ1) is 14.6. The van der Waals surface area contributed by atoms with Crippen LogP contribution in [0.5, 0.6) is 0 Å². The van der Waals surface area contributed by atoms with Crippen molar-refractivity contribution in [1.29, 1.82) is 0 Å². The Bertz CT molecular complexity index is 826. The van der Waals surface area contributed by atoms with Crippen LogP contribution in [0.15, 0.2) is 48.8 Å². The predicted octanol–water partition coefficient (Wildman–Crippen LogP) is 3.27. The van der Waals surface area contributed by atoms with Crippen molar-refractivity contribution >= 4 is 23.2 Å². The maximum absolute atomic E-state index is 12.1. The van der Waals surface area contributed by atoms with Gasteiger partial charge in [-0.25, -0.2) is 4.98 Å². The molecule has 0 aliphatic carbocycles. The minimum atomic E-state index is -0.162. The van der Waals surface area contributed by atoms with Gasteiger partial charge in [0.2, 0.25) is 0 Å². The van der Waals surface area contributed by atoms with Gasteiger partial charge < -0.3 is 9.72 Å². The standard InChI is InChI=1S/C17H16ClN3O/c1-12-7-9-21-11-13(20-16(21)10-12)6-8-19-17(22)14-4-2-3-5-15(14)18/h2-5,7,9-11H,6,8H2,1H3,(H,19,22). The highest BCUT2D eigenvalue weighted by Crippen LogP contribution is 2.14. The number of nitrogens with zero attached hydrogens (tertiary/aromatic N) is 2. The summed E-state index contributed by atoms with van der Waals surface area (Å²) >= 11 is 6.01. The summed E-state index contributed by atoms with van der Waals surface area (Å²) in [4.78, 5) is 16.6. The van der Waals surface area contributed by atoms with E-state index < -0.39 is 0 Å². The van der Waals surface area contributed by atoms with Crippen molar-refractivity contribution in [3.05, 3.63) is 70.6 Å². The Morgan fingerprint density at radius 1 is 1.32 bits per heavy atom. The van der Waals surface area contributed by atoms with E-state index in [1.54, 1.807) is 24.3 Å². The van der Waals surface area contributed by atoms with Gasteiger partial charge >= 0.3 is 0 Å². The lowest BCUT2D eigenvalue weighted by molar-refractivity contribution is 0.0954. The number of carbonyl (C=O) groups excluding carboxylic acids is 1. The Morgan fingerprint density at radius 2 is 2.14 bits per heavy atom. The van der Waals surface area contributed by atoms with E-state index in [1.165, 1.54) is 5.56 Å². The van der Waals surface area contributed by atoms with Crippen LogP contribution >= 0.6 is 11.6 Å². The summed E-state index contributed by atoms with van der Waals surface area (Å²) in [6, 6.07) is 11.1. The van der Waals surface area contributed by atoms with Crippen molar-refractivity contribution in [3.63, 3.8) is 0 Å². The second-order valence-electron chi connectivity index (χ2n) is 5.19. The molecule has 0 unspecified atom stereocenters. The van der Waals surface area contributed by atoms with Crippen LogP contribution in [0.2, 0.25) is 5.02 Å². The largest absolute Gasteiger partial charge is 0.352 e. The average molecular weight is 314 g/mol. The number of pyridine rings is 1. The summed E-state index contributed by atoms with van der Waals surface area (Å²) in [6.45, 7) is 2.56. The van der Waals surface area contributed by atoms with E-state index in [-0.39, 0.29) is 5.91 Å². The molecule has 0 saturated heterocycles. The van der Waals surface area contributed by atoms with Gasteiger partial charge in [0.25, 0.3) is 5.91 Å². The summed E-state index contributed by atoms with van der Waals surface area (Å²) in [5.74, 6) is -0.162. The number of amides is 1. The predicted molar refractivity (Wildman–Crippen MR) is 87.4 cm³/mol. The first-order valence-corrected chi connectivity index (χ1v) is 7.48. The number of aromatic nitrogens is 2. The van der Waals surface area contributed by atoms with E-state index in [0.29, 0.717) is 23.6 Å². The van der Waals surface area contributed by atoms with E-state index in [9.17, 15) is 4.79 Å². The Balaban J connectivity index is 1.62. The van der Waals surface area contributed by atoms with Gasteiger partial charge in [0, 0.05) is 25.4 Å². The van der Waals surface area contributed by atoms with Crippen LogP contribution < -0.4 is 5.32 Å². The number of hydrogen-bond acceptors (Lipinski definition) is 2. The number of rotatable bonds is 4. The highest BCUT2D eigenvalue weighted by molar-refractivity contribution is 6.33. The maximum Gasteiger partial charge on any atom is 0.252 e. The average Bonchev–Trinajstić information content (AvgIpc) is 2.89. The molecule has 0 atom stereocenters. The minimum Gasteiger partial charge on any atom is -0.352 e. The molecule has 1 N–H and O–H groups in total. The molecule has 4 nitrogen and oxygen atoms in total. The van der Waals surface area contributed by atoms with Crippen LogP contribution in [0, 0.1) is 6.92 Å². The quantitative estimate of drug-likeness (QED) is 0.803. The third-order valence-electron chi connectivity index (χ3n) is 3.45. The number of hydrogen-bond donors (Lipinski definition) is 1. The molecule has 0 saturated carbocycles. The highest BCUT2D eigenvalue weighted by Gasteiger charge is 2.09. The zero-order valence-electron chi connectivity index (χ0n) is 12.2. The monoisotopic (exact) mass is 313 g/mol. The van der Waals surface area contributed by atoms with Gasteiger partial charge in [-0.2, -0.15) is 0 Å². The Kier molecular flexibility index (Phi) is 4.11. The summed E-state index contributed by atoms with van der Waals surface area (Å²) < 4.78 is 1.98. The van der Waals surface area contributed by atoms with Crippen LogP contribution in [0.1, 0.15) is 21.6 Å². The molecule has 0 aliphatic heterocycles. The van der Waals surface area contributed by atoms with Crippen molar-refractivity contribution in [2.45, 2.75) is 13.3 Å². The molecule has 1 aromatic carbocycles. The van der Waals surface area contributed by atoms with Gasteiger partial charge in [0.15, 0.2) is 0 Å². The lowest BCUT2D eigenvalue weighted by Gasteiger charge is -2.05. The van der Waals surface area contributed by atoms with Crippen molar-refractivity contribution in [2.24, 2.45) is 0 Å². The molecule has 0 radical (unpaired) electrons. The summed E-state index contributed by atoms with van der Waals surface area (Å²) in [7, 11) is 0. The molecule has 2 aromatic heterocycles. The fourth-order valence-corrected chi connectivity index (χ4v) is 2.52. The molecule has 5 heteroatoms. The van der Waals surface area contributed by atoms with Crippen LogP contribution in [-0.4, -0.2) is 21.8 Å². The van der Waals surface area contributed by atoms with E-state index in [0.717, 1.165) is 11.3 Å². The number of nitrogens with one attached hydrogen (secondary N) is 1. The van der Waals surface area contributed by atoms with Crippen molar-refractivity contribution in [3.8, 4) is 0 Å². The Morgan fingerprint density at radius 3 is 2.95 bits per heavy atom. The highest BCUT2D eigenvalue weighted by atomic mass is 35.5. The number of halogens is 1. The van der Waals surface area contributed by atoms with Gasteiger partial charge in [0.1, 0.15) is 5.65 Å². The first-order valence-electron chi connectivity index (χ1n) is 7.10. The molecular weight excluding hydrogens is 298 g/mol. The normalized spacial score (nSPS) is 10.8. The molecule has 22 heavy (non-hydrogen) atoms. The smallest absolute Gasteiger partial charge is 0.252 e. The van der Waals surface area contributed by atoms with Gasteiger partial charge in [-0.3, -0.25) is 4.79 Å². The van der Waals surface area contributed by atoms with Crippen LogP contribution in [0.3, 0.4) is 0 Å². The second kappa shape index (κ2) is 6.20. The summed E-state index contributed by atoms with van der Waals surface area (Å²) in [5.41, 5.74) is 3.55. The van der Waals surface area contributed by atoms with Crippen LogP contribution in [-0.2, 0) is 6.42 Å². The van der Waals surface area contributed by atoms with Gasteiger partial charge in [0.05, 0.1) is 16.3 Å². The molecule has 0 aliphatic rings. The lowest BCUT2D eigenvalue weighted by Crippen LogP contribution is -2.26. The van der Waals surface area contributed by atoms with Crippen molar-refractivity contribution < 1.29 is 4.79 Å². The van der Waals surface area contributed by atoms with Crippen LogP contribution in [0.25, 0.3) is 5.65 Å². The minimum absolute atomic E-state index is 0.162. The molecule has 3 rings (SSSR count). The Labute approximate surface area is 133 Å². The maximum atomic E-state index is 12.1. The third kappa shape index (κ3) is 3.12. The molecule has 1 amide bonds. The zero-order chi connectivity index (χ0) is 15.5. The topological polar surface area (TPSA) is 46.4 Å². The van der Waals surface area contributed by atoms with Crippen LogP contribution in [0.4, 0.5) is 0 Å². The van der Waals surface area contributed by atoms with E-state index in [1.807, 2.05) is 35.9 Å². The second-order valence-corrected chi connectivity index (χ2v) is 5.59. The lowest BCUT2D eigenvalue weighted by atomic mass is 10.2. The van der Waals surface area contributed by atoms with E-state index >= 15 is 0 Å².